The molecule has 0 saturated carbocycles. The standard InChI is InChI=1S/C18H18ClNO/c1-12-6-5-7-14(10-12)11-20-16-9-4-3-8-15(16)17(13(2)21)18(20)19/h3-10,13,21H,11H2,1-2H3. The van der Waals surface area contributed by atoms with Crippen molar-refractivity contribution in [1.82, 2.24) is 4.57 Å². The van der Waals surface area contributed by atoms with Crippen LogP contribution in [0.4, 0.5) is 0 Å². The maximum atomic E-state index is 10.0. The Labute approximate surface area is 129 Å². The van der Waals surface area contributed by atoms with E-state index < -0.39 is 6.10 Å². The number of nitrogens with zero attached hydrogens (tertiary/aromatic N) is 1. The van der Waals surface area contributed by atoms with Gasteiger partial charge in [0.25, 0.3) is 0 Å². The average Bonchev–Trinajstić information content (AvgIpc) is 2.72. The SMILES string of the molecule is Cc1cccc(Cn2c(Cl)c(C(C)O)c3ccccc32)c1. The van der Waals surface area contributed by atoms with Gasteiger partial charge in [0, 0.05) is 23.0 Å². The van der Waals surface area contributed by atoms with Crippen molar-refractivity contribution in [3.63, 3.8) is 0 Å². The summed E-state index contributed by atoms with van der Waals surface area (Å²) >= 11 is 6.54. The summed E-state index contributed by atoms with van der Waals surface area (Å²) in [5.74, 6) is 0. The molecule has 1 unspecified atom stereocenters. The summed E-state index contributed by atoms with van der Waals surface area (Å²) < 4.78 is 2.06. The highest BCUT2D eigenvalue weighted by atomic mass is 35.5. The minimum atomic E-state index is -0.582. The Morgan fingerprint density at radius 3 is 2.62 bits per heavy atom. The van der Waals surface area contributed by atoms with E-state index in [4.69, 9.17) is 11.6 Å². The molecule has 0 aliphatic rings. The number of fused-ring (bicyclic) bond motifs is 1. The normalized spacial score (nSPS) is 12.8. The van der Waals surface area contributed by atoms with Crippen LogP contribution in [0.15, 0.2) is 48.5 Å². The number of para-hydroxylation sites is 1. The van der Waals surface area contributed by atoms with Crippen LogP contribution in [0.5, 0.6) is 0 Å². The van der Waals surface area contributed by atoms with Crippen LogP contribution >= 0.6 is 11.6 Å². The zero-order valence-corrected chi connectivity index (χ0v) is 12.9. The van der Waals surface area contributed by atoms with Crippen molar-refractivity contribution < 1.29 is 5.11 Å². The lowest BCUT2D eigenvalue weighted by Crippen LogP contribution is -2.00. The lowest BCUT2D eigenvalue weighted by atomic mass is 10.1. The molecule has 3 rings (SSSR count). The van der Waals surface area contributed by atoms with Crippen LogP contribution in [0.1, 0.15) is 29.7 Å². The van der Waals surface area contributed by atoms with Gasteiger partial charge in [0.15, 0.2) is 0 Å². The molecule has 0 aliphatic heterocycles. The summed E-state index contributed by atoms with van der Waals surface area (Å²) in [6.07, 6.45) is -0.582. The van der Waals surface area contributed by atoms with E-state index in [0.717, 1.165) is 16.5 Å². The molecule has 21 heavy (non-hydrogen) atoms. The highest BCUT2D eigenvalue weighted by Crippen LogP contribution is 2.34. The average molecular weight is 300 g/mol. The first kappa shape index (κ1) is 14.2. The van der Waals surface area contributed by atoms with Crippen molar-refractivity contribution in [2.45, 2.75) is 26.5 Å². The summed E-state index contributed by atoms with van der Waals surface area (Å²) in [6, 6.07) is 16.4. The van der Waals surface area contributed by atoms with Crippen LogP contribution in [0, 0.1) is 6.92 Å². The fraction of sp³-hybridized carbons (Fsp3) is 0.222. The highest BCUT2D eigenvalue weighted by Gasteiger charge is 2.18. The van der Waals surface area contributed by atoms with Gasteiger partial charge in [-0.05, 0) is 25.5 Å². The number of hydrogen-bond acceptors (Lipinski definition) is 1. The molecule has 2 nitrogen and oxygen atoms in total. The van der Waals surface area contributed by atoms with Crippen molar-refractivity contribution in [3.8, 4) is 0 Å². The first-order chi connectivity index (χ1) is 10.1. The molecule has 3 heteroatoms. The second kappa shape index (κ2) is 5.55. The van der Waals surface area contributed by atoms with Crippen LogP contribution < -0.4 is 0 Å². The Hall–Kier alpha value is -1.77. The molecule has 0 saturated heterocycles. The van der Waals surface area contributed by atoms with E-state index >= 15 is 0 Å². The van der Waals surface area contributed by atoms with Crippen molar-refractivity contribution >= 4 is 22.5 Å². The monoisotopic (exact) mass is 299 g/mol. The van der Waals surface area contributed by atoms with E-state index in [1.54, 1.807) is 6.92 Å². The first-order valence-corrected chi connectivity index (χ1v) is 7.46. The van der Waals surface area contributed by atoms with Crippen molar-refractivity contribution in [2.24, 2.45) is 0 Å². The largest absolute Gasteiger partial charge is 0.389 e. The number of aliphatic hydroxyl groups is 1. The van der Waals surface area contributed by atoms with Crippen LogP contribution in [-0.2, 0) is 6.54 Å². The van der Waals surface area contributed by atoms with Gasteiger partial charge >= 0.3 is 0 Å². The fourth-order valence-electron chi connectivity index (χ4n) is 2.84. The maximum absolute atomic E-state index is 10.0. The third kappa shape index (κ3) is 2.57. The van der Waals surface area contributed by atoms with E-state index in [2.05, 4.69) is 35.8 Å². The lowest BCUT2D eigenvalue weighted by molar-refractivity contribution is 0.200. The Balaban J connectivity index is 2.16. The lowest BCUT2D eigenvalue weighted by Gasteiger charge is -2.09. The smallest absolute Gasteiger partial charge is 0.116 e. The molecule has 0 amide bonds. The second-order valence-electron chi connectivity index (χ2n) is 5.47. The van der Waals surface area contributed by atoms with Gasteiger partial charge in [-0.25, -0.2) is 0 Å². The van der Waals surface area contributed by atoms with E-state index in [1.807, 2.05) is 24.3 Å². The molecular formula is C18H18ClNO. The molecule has 1 aromatic heterocycles. The zero-order valence-electron chi connectivity index (χ0n) is 12.2. The minimum Gasteiger partial charge on any atom is -0.389 e. The Morgan fingerprint density at radius 1 is 1.14 bits per heavy atom. The maximum Gasteiger partial charge on any atom is 0.116 e. The van der Waals surface area contributed by atoms with E-state index in [9.17, 15) is 5.11 Å². The molecule has 0 radical (unpaired) electrons. The van der Waals surface area contributed by atoms with Gasteiger partial charge in [-0.1, -0.05) is 59.6 Å². The summed E-state index contributed by atoms with van der Waals surface area (Å²) in [4.78, 5) is 0. The van der Waals surface area contributed by atoms with Crippen molar-refractivity contribution in [3.05, 3.63) is 70.4 Å². The molecule has 0 fully saturated rings. The van der Waals surface area contributed by atoms with Crippen LogP contribution in [0.2, 0.25) is 5.15 Å². The van der Waals surface area contributed by atoms with Gasteiger partial charge < -0.3 is 9.67 Å². The molecule has 1 N–H and O–H groups in total. The van der Waals surface area contributed by atoms with Gasteiger partial charge in [0.2, 0.25) is 0 Å². The first-order valence-electron chi connectivity index (χ1n) is 7.08. The second-order valence-corrected chi connectivity index (χ2v) is 5.83. The van der Waals surface area contributed by atoms with Gasteiger partial charge in [0.05, 0.1) is 6.10 Å². The molecular weight excluding hydrogens is 282 g/mol. The third-order valence-electron chi connectivity index (χ3n) is 3.79. The topological polar surface area (TPSA) is 25.2 Å². The minimum absolute atomic E-state index is 0.582. The van der Waals surface area contributed by atoms with E-state index in [0.29, 0.717) is 11.7 Å². The quantitative estimate of drug-likeness (QED) is 0.745. The van der Waals surface area contributed by atoms with Crippen molar-refractivity contribution in [2.75, 3.05) is 0 Å². The van der Waals surface area contributed by atoms with Gasteiger partial charge in [0.1, 0.15) is 5.15 Å². The van der Waals surface area contributed by atoms with Crippen LogP contribution in [0.3, 0.4) is 0 Å². The summed E-state index contributed by atoms with van der Waals surface area (Å²) in [7, 11) is 0. The molecule has 0 spiro atoms. The van der Waals surface area contributed by atoms with Crippen LogP contribution in [-0.4, -0.2) is 9.67 Å². The molecule has 1 atom stereocenters. The predicted molar refractivity (Wildman–Crippen MR) is 87.9 cm³/mol. The molecule has 108 valence electrons. The number of rotatable bonds is 3. The van der Waals surface area contributed by atoms with Crippen LogP contribution in [0.25, 0.3) is 10.9 Å². The number of halogens is 1. The summed E-state index contributed by atoms with van der Waals surface area (Å²) in [6.45, 7) is 4.54. The number of aromatic nitrogens is 1. The van der Waals surface area contributed by atoms with Gasteiger partial charge in [-0.15, -0.1) is 0 Å². The summed E-state index contributed by atoms with van der Waals surface area (Å²) in [5, 5.41) is 11.7. The number of aliphatic hydroxyl groups excluding tert-OH is 1. The molecule has 0 aliphatic carbocycles. The number of aryl methyl sites for hydroxylation is 1. The fourth-order valence-corrected chi connectivity index (χ4v) is 3.25. The van der Waals surface area contributed by atoms with E-state index in [-0.39, 0.29) is 0 Å². The Bertz CT molecular complexity index is 789. The predicted octanol–water partition coefficient (Wildman–Crippen LogP) is 4.70. The Kier molecular flexibility index (Phi) is 3.75. The summed E-state index contributed by atoms with van der Waals surface area (Å²) in [5.41, 5.74) is 4.30. The zero-order chi connectivity index (χ0) is 15.0. The number of hydrogen-bond donors (Lipinski definition) is 1. The van der Waals surface area contributed by atoms with Gasteiger partial charge in [-0.2, -0.15) is 0 Å². The highest BCUT2D eigenvalue weighted by molar-refractivity contribution is 6.32. The molecule has 0 bridgehead atoms. The van der Waals surface area contributed by atoms with Gasteiger partial charge in [-0.3, -0.25) is 0 Å². The van der Waals surface area contributed by atoms with Crippen molar-refractivity contribution in [1.29, 1.82) is 0 Å². The third-order valence-corrected chi connectivity index (χ3v) is 4.19. The van der Waals surface area contributed by atoms with E-state index in [1.165, 1.54) is 11.1 Å². The molecule has 2 aromatic carbocycles. The molecule has 3 aromatic rings. The Morgan fingerprint density at radius 2 is 1.90 bits per heavy atom. The number of benzene rings is 2. The molecule has 1 heterocycles.